The molecule has 1 aromatic rings. The average molecular weight is 259 g/mol. The van der Waals surface area contributed by atoms with E-state index in [1.54, 1.807) is 17.4 Å². The number of nitrogens with zero attached hydrogens (tertiary/aromatic N) is 1. The molecule has 0 amide bonds. The van der Waals surface area contributed by atoms with Crippen LogP contribution in [0.5, 0.6) is 0 Å². The van der Waals surface area contributed by atoms with Gasteiger partial charge in [-0.25, -0.2) is 8.42 Å². The lowest BCUT2D eigenvalue weighted by Gasteiger charge is -2.19. The summed E-state index contributed by atoms with van der Waals surface area (Å²) in [5.41, 5.74) is 1.22. The zero-order valence-corrected chi connectivity index (χ0v) is 11.1. The van der Waals surface area contributed by atoms with Crippen LogP contribution in [0.25, 0.3) is 0 Å². The summed E-state index contributed by atoms with van der Waals surface area (Å²) in [6.45, 7) is 5.74. The van der Waals surface area contributed by atoms with E-state index in [2.05, 4.69) is 22.9 Å². The van der Waals surface area contributed by atoms with Crippen molar-refractivity contribution >= 4 is 21.2 Å². The Morgan fingerprint density at radius 2 is 2.31 bits per heavy atom. The highest BCUT2D eigenvalue weighted by Crippen LogP contribution is 2.09. The third-order valence-corrected chi connectivity index (χ3v) is 3.81. The molecule has 0 atom stereocenters. The van der Waals surface area contributed by atoms with E-state index >= 15 is 0 Å². The first-order chi connectivity index (χ1) is 7.51. The van der Waals surface area contributed by atoms with Gasteiger partial charge in [0.05, 0.1) is 5.75 Å². The second kappa shape index (κ2) is 6.18. The van der Waals surface area contributed by atoms with Crippen molar-refractivity contribution in [2.75, 3.05) is 25.1 Å². The summed E-state index contributed by atoms with van der Waals surface area (Å²) in [6.07, 6.45) is 3.07. The van der Waals surface area contributed by atoms with Gasteiger partial charge in [0.1, 0.15) is 9.84 Å². The van der Waals surface area contributed by atoms with Crippen LogP contribution in [0.1, 0.15) is 5.56 Å². The summed E-state index contributed by atoms with van der Waals surface area (Å²) in [6, 6.07) is 2.06. The largest absolute Gasteiger partial charge is 0.294 e. The van der Waals surface area contributed by atoms with Crippen molar-refractivity contribution in [3.05, 3.63) is 35.0 Å². The molecule has 0 radical (unpaired) electrons. The van der Waals surface area contributed by atoms with Crippen LogP contribution in [0.3, 0.4) is 0 Å². The van der Waals surface area contributed by atoms with Gasteiger partial charge in [-0.05, 0) is 22.4 Å². The van der Waals surface area contributed by atoms with Gasteiger partial charge >= 0.3 is 0 Å². The Morgan fingerprint density at radius 1 is 1.56 bits per heavy atom. The summed E-state index contributed by atoms with van der Waals surface area (Å²) in [7, 11) is -2.89. The Labute approximate surface area is 101 Å². The van der Waals surface area contributed by atoms with E-state index in [0.29, 0.717) is 13.1 Å². The molecule has 0 N–H and O–H groups in total. The molecule has 0 unspecified atom stereocenters. The topological polar surface area (TPSA) is 37.4 Å². The van der Waals surface area contributed by atoms with Crippen LogP contribution in [-0.2, 0) is 16.4 Å². The number of thiophene rings is 1. The van der Waals surface area contributed by atoms with Gasteiger partial charge in [0.15, 0.2) is 0 Å². The molecule has 5 heteroatoms. The molecule has 0 aromatic carbocycles. The number of rotatable bonds is 7. The summed E-state index contributed by atoms with van der Waals surface area (Å²) >= 11 is 1.65. The van der Waals surface area contributed by atoms with Crippen LogP contribution in [0.4, 0.5) is 0 Å². The lowest BCUT2D eigenvalue weighted by atomic mass is 10.3. The van der Waals surface area contributed by atoms with Crippen LogP contribution in [-0.4, -0.2) is 38.4 Å². The number of sulfone groups is 1. The quantitative estimate of drug-likeness (QED) is 0.701. The van der Waals surface area contributed by atoms with Crippen molar-refractivity contribution in [1.29, 1.82) is 0 Å². The molecule has 0 aliphatic carbocycles. The predicted octanol–water partition coefficient (Wildman–Crippen LogP) is 1.78. The average Bonchev–Trinajstić information content (AvgIpc) is 2.66. The molecule has 1 aromatic heterocycles. The maximum Gasteiger partial charge on any atom is 0.148 e. The second-order valence-corrected chi connectivity index (χ2v) is 6.83. The third kappa shape index (κ3) is 5.44. The smallest absolute Gasteiger partial charge is 0.148 e. The molecule has 3 nitrogen and oxygen atoms in total. The molecular weight excluding hydrogens is 242 g/mol. The van der Waals surface area contributed by atoms with E-state index in [-0.39, 0.29) is 5.75 Å². The molecule has 0 saturated heterocycles. The van der Waals surface area contributed by atoms with E-state index in [1.807, 2.05) is 5.38 Å². The lowest BCUT2D eigenvalue weighted by Crippen LogP contribution is -2.28. The molecule has 0 aliphatic heterocycles. The molecule has 0 aliphatic rings. The maximum atomic E-state index is 11.1. The van der Waals surface area contributed by atoms with Gasteiger partial charge in [-0.15, -0.1) is 6.58 Å². The Morgan fingerprint density at radius 3 is 2.81 bits per heavy atom. The highest BCUT2D eigenvalue weighted by Gasteiger charge is 2.08. The molecule has 16 heavy (non-hydrogen) atoms. The summed E-state index contributed by atoms with van der Waals surface area (Å²) in [4.78, 5) is 2.08. The minimum absolute atomic E-state index is 0.199. The first-order valence-corrected chi connectivity index (χ1v) is 8.03. The Hall–Kier alpha value is -0.650. The highest BCUT2D eigenvalue weighted by molar-refractivity contribution is 7.90. The van der Waals surface area contributed by atoms with Crippen LogP contribution in [0.15, 0.2) is 29.5 Å². The Kier molecular flexibility index (Phi) is 5.18. The fourth-order valence-corrected chi connectivity index (χ4v) is 2.60. The van der Waals surface area contributed by atoms with Crippen LogP contribution in [0.2, 0.25) is 0 Å². The van der Waals surface area contributed by atoms with Crippen molar-refractivity contribution in [3.63, 3.8) is 0 Å². The monoisotopic (exact) mass is 259 g/mol. The molecule has 0 fully saturated rings. The van der Waals surface area contributed by atoms with E-state index < -0.39 is 9.84 Å². The first kappa shape index (κ1) is 13.4. The van der Waals surface area contributed by atoms with Crippen molar-refractivity contribution in [2.45, 2.75) is 6.54 Å². The van der Waals surface area contributed by atoms with Gasteiger partial charge < -0.3 is 0 Å². The van der Waals surface area contributed by atoms with Crippen LogP contribution >= 0.6 is 11.3 Å². The second-order valence-electron chi connectivity index (χ2n) is 3.79. The maximum absolute atomic E-state index is 11.1. The van der Waals surface area contributed by atoms with Gasteiger partial charge in [0.25, 0.3) is 0 Å². The molecule has 1 heterocycles. The van der Waals surface area contributed by atoms with Crippen molar-refractivity contribution in [3.8, 4) is 0 Å². The van der Waals surface area contributed by atoms with Crippen LogP contribution in [0, 0.1) is 0 Å². The number of hydrogen-bond acceptors (Lipinski definition) is 4. The number of hydrogen-bond donors (Lipinski definition) is 0. The normalized spacial score (nSPS) is 11.9. The highest BCUT2D eigenvalue weighted by atomic mass is 32.2. The van der Waals surface area contributed by atoms with Gasteiger partial charge in [0.2, 0.25) is 0 Å². The molecule has 0 bridgehead atoms. The third-order valence-electron chi connectivity index (χ3n) is 2.15. The molecule has 0 saturated carbocycles. The fraction of sp³-hybridized carbons (Fsp3) is 0.455. The predicted molar refractivity (Wildman–Crippen MR) is 69.5 cm³/mol. The summed E-state index contributed by atoms with van der Waals surface area (Å²) in [5, 5.41) is 4.11. The standard InChI is InChI=1S/C11H17NO2S2/c1-3-5-12(6-8-16(2,13)14)9-11-4-7-15-10-11/h3-4,7,10H,1,5-6,8-9H2,2H3. The van der Waals surface area contributed by atoms with Gasteiger partial charge in [-0.1, -0.05) is 6.08 Å². The van der Waals surface area contributed by atoms with E-state index in [4.69, 9.17) is 0 Å². The van der Waals surface area contributed by atoms with Gasteiger partial charge in [0, 0.05) is 25.9 Å². The SMILES string of the molecule is C=CCN(CCS(C)(=O)=O)Cc1ccsc1. The Bertz CT molecular complexity index is 409. The minimum atomic E-state index is -2.89. The van der Waals surface area contributed by atoms with Crippen molar-refractivity contribution < 1.29 is 8.42 Å². The van der Waals surface area contributed by atoms with Crippen molar-refractivity contribution in [1.82, 2.24) is 4.90 Å². The molecule has 1 rings (SSSR count). The fourth-order valence-electron chi connectivity index (χ4n) is 1.35. The molecule has 0 spiro atoms. The van der Waals surface area contributed by atoms with E-state index in [0.717, 1.165) is 6.54 Å². The van der Waals surface area contributed by atoms with E-state index in [9.17, 15) is 8.42 Å². The van der Waals surface area contributed by atoms with Gasteiger partial charge in [-0.2, -0.15) is 11.3 Å². The zero-order valence-electron chi connectivity index (χ0n) is 9.43. The Balaban J connectivity index is 2.51. The lowest BCUT2D eigenvalue weighted by molar-refractivity contribution is 0.312. The first-order valence-electron chi connectivity index (χ1n) is 5.03. The molecular formula is C11H17NO2S2. The van der Waals surface area contributed by atoms with Crippen LogP contribution < -0.4 is 0 Å². The molecule has 90 valence electrons. The minimum Gasteiger partial charge on any atom is -0.294 e. The van der Waals surface area contributed by atoms with E-state index in [1.165, 1.54) is 11.8 Å². The zero-order chi connectivity index (χ0) is 12.0. The summed E-state index contributed by atoms with van der Waals surface area (Å²) in [5.74, 6) is 0.199. The van der Waals surface area contributed by atoms with Gasteiger partial charge in [-0.3, -0.25) is 4.90 Å². The summed E-state index contributed by atoms with van der Waals surface area (Å²) < 4.78 is 22.2. The van der Waals surface area contributed by atoms with Crippen molar-refractivity contribution in [2.24, 2.45) is 0 Å².